The number of nitrogens with two attached hydrogens (primary N) is 1. The summed E-state index contributed by atoms with van der Waals surface area (Å²) in [4.78, 5) is 0. The molecule has 0 amide bonds. The molecule has 1 rings (SSSR count). The second kappa shape index (κ2) is 5.67. The molecule has 0 aliphatic carbocycles. The van der Waals surface area contributed by atoms with Crippen molar-refractivity contribution in [3.63, 3.8) is 0 Å². The summed E-state index contributed by atoms with van der Waals surface area (Å²) >= 11 is 0. The third kappa shape index (κ3) is 4.01. The van der Waals surface area contributed by atoms with E-state index in [4.69, 9.17) is 10.5 Å². The van der Waals surface area contributed by atoms with E-state index < -0.39 is 0 Å². The number of ether oxygens (including phenoxy) is 1. The van der Waals surface area contributed by atoms with E-state index in [-0.39, 0.29) is 5.82 Å². The molecule has 0 spiro atoms. The Morgan fingerprint density at radius 1 is 1.31 bits per heavy atom. The van der Waals surface area contributed by atoms with Crippen LogP contribution in [0, 0.1) is 5.82 Å². The van der Waals surface area contributed by atoms with Gasteiger partial charge >= 0.3 is 0 Å². The van der Waals surface area contributed by atoms with Crippen molar-refractivity contribution < 1.29 is 9.13 Å². The molecule has 1 aromatic rings. The van der Waals surface area contributed by atoms with Gasteiger partial charge in [-0.1, -0.05) is 12.1 Å². The Balaban J connectivity index is 2.28. The molecule has 0 radical (unpaired) electrons. The molecule has 2 N–H and O–H groups in total. The summed E-state index contributed by atoms with van der Waals surface area (Å²) < 4.78 is 17.9. The van der Waals surface area contributed by atoms with Crippen LogP contribution in [0.3, 0.4) is 0 Å². The molecule has 0 fully saturated rings. The molecule has 0 aromatic heterocycles. The van der Waals surface area contributed by atoms with E-state index in [1.807, 2.05) is 6.07 Å². The summed E-state index contributed by atoms with van der Waals surface area (Å²) in [7, 11) is 0. The maximum atomic E-state index is 12.7. The van der Waals surface area contributed by atoms with E-state index in [1.54, 1.807) is 6.07 Å². The fraction of sp³-hybridized carbons (Fsp3) is 0.400. The van der Waals surface area contributed by atoms with E-state index in [0.717, 1.165) is 12.0 Å². The third-order valence-electron chi connectivity index (χ3n) is 1.69. The molecule has 72 valence electrons. The fourth-order valence-electron chi connectivity index (χ4n) is 1.07. The van der Waals surface area contributed by atoms with Gasteiger partial charge in [0.05, 0.1) is 13.2 Å². The van der Waals surface area contributed by atoms with Crippen LogP contribution in [0.2, 0.25) is 0 Å². The summed E-state index contributed by atoms with van der Waals surface area (Å²) in [5.41, 5.74) is 6.20. The molecular weight excluding hydrogens is 169 g/mol. The lowest BCUT2D eigenvalue weighted by molar-refractivity contribution is 0.144. The lowest BCUT2D eigenvalue weighted by Gasteiger charge is -2.02. The average molecular weight is 183 g/mol. The molecule has 0 atom stereocenters. The molecule has 0 bridgehead atoms. The summed E-state index contributed by atoms with van der Waals surface area (Å²) in [6.07, 6.45) is 0.734. The van der Waals surface area contributed by atoms with Crippen molar-refractivity contribution in [2.45, 2.75) is 6.42 Å². The smallest absolute Gasteiger partial charge is 0.123 e. The highest BCUT2D eigenvalue weighted by atomic mass is 19.1. The molecule has 0 unspecified atom stereocenters. The highest BCUT2D eigenvalue weighted by Crippen LogP contribution is 2.03. The third-order valence-corrected chi connectivity index (χ3v) is 1.69. The largest absolute Gasteiger partial charge is 0.380 e. The Hall–Kier alpha value is -0.930. The van der Waals surface area contributed by atoms with Crippen molar-refractivity contribution >= 4 is 0 Å². The van der Waals surface area contributed by atoms with Gasteiger partial charge in [0.2, 0.25) is 0 Å². The van der Waals surface area contributed by atoms with Crippen molar-refractivity contribution in [1.82, 2.24) is 0 Å². The molecule has 3 heteroatoms. The van der Waals surface area contributed by atoms with Gasteiger partial charge in [0.25, 0.3) is 0 Å². The van der Waals surface area contributed by atoms with Gasteiger partial charge in [-0.25, -0.2) is 4.39 Å². The summed E-state index contributed by atoms with van der Waals surface area (Å²) in [5, 5.41) is 0. The Labute approximate surface area is 77.5 Å². The van der Waals surface area contributed by atoms with Gasteiger partial charge < -0.3 is 10.5 Å². The van der Waals surface area contributed by atoms with Crippen LogP contribution in [0.1, 0.15) is 5.56 Å². The summed E-state index contributed by atoms with van der Waals surface area (Å²) in [6, 6.07) is 6.54. The lowest BCUT2D eigenvalue weighted by Crippen LogP contribution is -2.10. The van der Waals surface area contributed by atoms with Crippen LogP contribution in [-0.4, -0.2) is 19.8 Å². The highest BCUT2D eigenvalue weighted by molar-refractivity contribution is 5.16. The number of benzene rings is 1. The first-order valence-corrected chi connectivity index (χ1v) is 4.35. The van der Waals surface area contributed by atoms with Crippen molar-refractivity contribution in [3.05, 3.63) is 35.6 Å². The number of hydrogen-bond donors (Lipinski definition) is 1. The molecular formula is C10H14FNO. The lowest BCUT2D eigenvalue weighted by atomic mass is 10.2. The average Bonchev–Trinajstić information content (AvgIpc) is 2.13. The van der Waals surface area contributed by atoms with E-state index in [2.05, 4.69) is 0 Å². The minimum absolute atomic E-state index is 0.198. The molecule has 0 saturated heterocycles. The first-order chi connectivity index (χ1) is 6.33. The molecule has 0 aliphatic rings. The van der Waals surface area contributed by atoms with Gasteiger partial charge in [0, 0.05) is 6.54 Å². The topological polar surface area (TPSA) is 35.2 Å². The van der Waals surface area contributed by atoms with E-state index in [9.17, 15) is 4.39 Å². The van der Waals surface area contributed by atoms with Gasteiger partial charge in [0.15, 0.2) is 0 Å². The predicted octanol–water partition coefficient (Wildman–Crippen LogP) is 1.34. The molecule has 1 aromatic carbocycles. The normalized spacial score (nSPS) is 10.3. The summed E-state index contributed by atoms with van der Waals surface area (Å²) in [6.45, 7) is 1.69. The molecule has 0 heterocycles. The van der Waals surface area contributed by atoms with E-state index in [1.165, 1.54) is 12.1 Å². The van der Waals surface area contributed by atoms with Crippen LogP contribution >= 0.6 is 0 Å². The van der Waals surface area contributed by atoms with Crippen LogP contribution in [0.15, 0.2) is 24.3 Å². The van der Waals surface area contributed by atoms with Crippen molar-refractivity contribution in [2.24, 2.45) is 5.73 Å². The van der Waals surface area contributed by atoms with Crippen LogP contribution in [-0.2, 0) is 11.2 Å². The van der Waals surface area contributed by atoms with Crippen molar-refractivity contribution in [1.29, 1.82) is 0 Å². The Bertz CT molecular complexity index is 252. The maximum Gasteiger partial charge on any atom is 0.123 e. The second-order valence-electron chi connectivity index (χ2n) is 2.78. The van der Waals surface area contributed by atoms with Crippen molar-refractivity contribution in [3.8, 4) is 0 Å². The molecule has 13 heavy (non-hydrogen) atoms. The monoisotopic (exact) mass is 183 g/mol. The van der Waals surface area contributed by atoms with E-state index >= 15 is 0 Å². The molecule has 0 aliphatic heterocycles. The van der Waals surface area contributed by atoms with Crippen LogP contribution < -0.4 is 5.73 Å². The zero-order valence-electron chi connectivity index (χ0n) is 7.50. The zero-order chi connectivity index (χ0) is 9.52. The predicted molar refractivity (Wildman–Crippen MR) is 50.0 cm³/mol. The molecule has 2 nitrogen and oxygen atoms in total. The first kappa shape index (κ1) is 10.2. The second-order valence-corrected chi connectivity index (χ2v) is 2.78. The minimum Gasteiger partial charge on any atom is -0.380 e. The van der Waals surface area contributed by atoms with Crippen LogP contribution in [0.5, 0.6) is 0 Å². The van der Waals surface area contributed by atoms with Crippen molar-refractivity contribution in [2.75, 3.05) is 19.8 Å². The van der Waals surface area contributed by atoms with Gasteiger partial charge in [-0.2, -0.15) is 0 Å². The first-order valence-electron chi connectivity index (χ1n) is 4.35. The highest BCUT2D eigenvalue weighted by Gasteiger charge is 1.94. The van der Waals surface area contributed by atoms with E-state index in [0.29, 0.717) is 19.8 Å². The zero-order valence-corrected chi connectivity index (χ0v) is 7.50. The van der Waals surface area contributed by atoms with Gasteiger partial charge in [-0.15, -0.1) is 0 Å². The maximum absolute atomic E-state index is 12.7. The Kier molecular flexibility index (Phi) is 4.43. The number of halogens is 1. The Morgan fingerprint density at radius 2 is 2.15 bits per heavy atom. The minimum atomic E-state index is -0.198. The van der Waals surface area contributed by atoms with Gasteiger partial charge in [-0.05, 0) is 24.1 Å². The Morgan fingerprint density at radius 3 is 2.85 bits per heavy atom. The standard InChI is InChI=1S/C10H14FNO/c11-10-3-1-2-9(8-10)4-6-13-7-5-12/h1-3,8H,4-7,12H2. The van der Waals surface area contributed by atoms with Crippen LogP contribution in [0.25, 0.3) is 0 Å². The van der Waals surface area contributed by atoms with Gasteiger partial charge in [-0.3, -0.25) is 0 Å². The number of rotatable bonds is 5. The fourth-order valence-corrected chi connectivity index (χ4v) is 1.07. The summed E-state index contributed by atoms with van der Waals surface area (Å²) in [5.74, 6) is -0.198. The molecule has 0 saturated carbocycles. The van der Waals surface area contributed by atoms with Gasteiger partial charge in [0.1, 0.15) is 5.82 Å². The SMILES string of the molecule is NCCOCCc1cccc(F)c1. The number of hydrogen-bond acceptors (Lipinski definition) is 2. The quantitative estimate of drug-likeness (QED) is 0.699. The van der Waals surface area contributed by atoms with Crippen LogP contribution in [0.4, 0.5) is 4.39 Å².